The van der Waals surface area contributed by atoms with Crippen LogP contribution in [-0.2, 0) is 16.1 Å². The van der Waals surface area contributed by atoms with E-state index in [4.69, 9.17) is 9.47 Å². The Hall–Kier alpha value is -2.33. The quantitative estimate of drug-likeness (QED) is 0.795. The molecule has 2 aromatic rings. The van der Waals surface area contributed by atoms with Crippen LogP contribution in [0.1, 0.15) is 5.56 Å². The lowest BCUT2D eigenvalue weighted by atomic mass is 10.2. The highest BCUT2D eigenvalue weighted by atomic mass is 16.5. The summed E-state index contributed by atoms with van der Waals surface area (Å²) in [7, 11) is 0. The van der Waals surface area contributed by atoms with Gasteiger partial charge in [0, 0.05) is 12.2 Å². The summed E-state index contributed by atoms with van der Waals surface area (Å²) in [6.07, 6.45) is 0.943. The monoisotopic (exact) mass is 297 g/mol. The van der Waals surface area contributed by atoms with Crippen LogP contribution in [0.3, 0.4) is 0 Å². The Morgan fingerprint density at radius 3 is 2.64 bits per heavy atom. The number of aldehydes is 1. The number of rotatable bonds is 5. The summed E-state index contributed by atoms with van der Waals surface area (Å²) in [6.45, 7) is 2.38. The van der Waals surface area contributed by atoms with Gasteiger partial charge < -0.3 is 19.2 Å². The van der Waals surface area contributed by atoms with Gasteiger partial charge in [0.15, 0.2) is 0 Å². The minimum absolute atomic E-state index is 0.204. The largest absolute Gasteiger partial charge is 0.489 e. The molecule has 22 heavy (non-hydrogen) atoms. The summed E-state index contributed by atoms with van der Waals surface area (Å²) in [6, 6.07) is 17.7. The molecule has 1 aliphatic rings. The summed E-state index contributed by atoms with van der Waals surface area (Å²) in [4.78, 5) is 13.2. The minimum atomic E-state index is -0.204. The second-order valence-corrected chi connectivity index (χ2v) is 5.24. The first-order valence-corrected chi connectivity index (χ1v) is 7.43. The molecular formula is C18H19NO3. The summed E-state index contributed by atoms with van der Waals surface area (Å²) in [5.41, 5.74) is 2.16. The van der Waals surface area contributed by atoms with Crippen LogP contribution in [0.2, 0.25) is 0 Å². The molecule has 1 saturated heterocycles. The van der Waals surface area contributed by atoms with Crippen molar-refractivity contribution in [3.63, 3.8) is 0 Å². The van der Waals surface area contributed by atoms with E-state index in [0.29, 0.717) is 19.8 Å². The molecule has 0 radical (unpaired) electrons. The highest BCUT2D eigenvalue weighted by Gasteiger charge is 2.22. The van der Waals surface area contributed by atoms with Gasteiger partial charge in [-0.15, -0.1) is 0 Å². The number of morpholine rings is 1. The van der Waals surface area contributed by atoms with Crippen LogP contribution >= 0.6 is 0 Å². The van der Waals surface area contributed by atoms with Crippen LogP contribution in [0, 0.1) is 0 Å². The molecule has 0 spiro atoms. The van der Waals surface area contributed by atoms with E-state index < -0.39 is 0 Å². The number of hydrogen-bond acceptors (Lipinski definition) is 4. The van der Waals surface area contributed by atoms with Crippen molar-refractivity contribution in [1.82, 2.24) is 0 Å². The number of carbonyl (C=O) groups excluding carboxylic acids is 1. The number of carbonyl (C=O) groups is 1. The molecule has 2 aromatic carbocycles. The maximum absolute atomic E-state index is 11.1. The molecule has 114 valence electrons. The van der Waals surface area contributed by atoms with Crippen molar-refractivity contribution in [1.29, 1.82) is 0 Å². The third kappa shape index (κ3) is 3.46. The fraction of sp³-hybridized carbons (Fsp3) is 0.278. The van der Waals surface area contributed by atoms with E-state index in [9.17, 15) is 4.79 Å². The van der Waals surface area contributed by atoms with Gasteiger partial charge in [0.2, 0.25) is 0 Å². The predicted molar refractivity (Wildman–Crippen MR) is 85.2 cm³/mol. The lowest BCUT2D eigenvalue weighted by molar-refractivity contribution is -0.111. The Balaban J connectivity index is 1.63. The molecular weight excluding hydrogens is 278 g/mol. The van der Waals surface area contributed by atoms with Crippen molar-refractivity contribution in [3.05, 3.63) is 60.2 Å². The van der Waals surface area contributed by atoms with Gasteiger partial charge in [-0.2, -0.15) is 0 Å². The van der Waals surface area contributed by atoms with E-state index in [-0.39, 0.29) is 6.04 Å². The third-order valence-electron chi connectivity index (χ3n) is 3.74. The van der Waals surface area contributed by atoms with Gasteiger partial charge in [-0.1, -0.05) is 30.3 Å². The van der Waals surface area contributed by atoms with Gasteiger partial charge in [0.05, 0.1) is 13.2 Å². The minimum Gasteiger partial charge on any atom is -0.489 e. The molecule has 0 aliphatic carbocycles. The molecule has 1 atom stereocenters. The van der Waals surface area contributed by atoms with Crippen LogP contribution < -0.4 is 9.64 Å². The fourth-order valence-corrected chi connectivity index (χ4v) is 2.53. The van der Waals surface area contributed by atoms with E-state index >= 15 is 0 Å². The number of hydrogen-bond donors (Lipinski definition) is 0. The lowest BCUT2D eigenvalue weighted by Gasteiger charge is -2.34. The molecule has 3 rings (SSSR count). The topological polar surface area (TPSA) is 38.8 Å². The van der Waals surface area contributed by atoms with Crippen molar-refractivity contribution < 1.29 is 14.3 Å². The second kappa shape index (κ2) is 7.09. The van der Waals surface area contributed by atoms with E-state index in [2.05, 4.69) is 4.90 Å². The molecule has 0 saturated carbocycles. The Labute approximate surface area is 130 Å². The van der Waals surface area contributed by atoms with Crippen molar-refractivity contribution in [2.45, 2.75) is 12.6 Å². The molecule has 0 N–H and O–H groups in total. The van der Waals surface area contributed by atoms with Gasteiger partial charge in [0.1, 0.15) is 24.7 Å². The van der Waals surface area contributed by atoms with Crippen LogP contribution in [0.5, 0.6) is 5.75 Å². The number of nitrogens with zero attached hydrogens (tertiary/aromatic N) is 1. The average molecular weight is 297 g/mol. The molecule has 0 bridgehead atoms. The van der Waals surface area contributed by atoms with E-state index in [0.717, 1.165) is 29.8 Å². The van der Waals surface area contributed by atoms with Crippen LogP contribution in [-0.4, -0.2) is 32.1 Å². The summed E-state index contributed by atoms with van der Waals surface area (Å²) in [5, 5.41) is 0. The molecule has 4 heteroatoms. The maximum Gasteiger partial charge on any atom is 0.144 e. The number of ether oxygens (including phenoxy) is 2. The Bertz CT molecular complexity index is 597. The third-order valence-corrected chi connectivity index (χ3v) is 3.74. The zero-order valence-corrected chi connectivity index (χ0v) is 12.4. The highest BCUT2D eigenvalue weighted by Crippen LogP contribution is 2.23. The van der Waals surface area contributed by atoms with E-state index in [1.807, 2.05) is 54.6 Å². The molecule has 0 amide bonds. The Morgan fingerprint density at radius 1 is 1.14 bits per heavy atom. The van der Waals surface area contributed by atoms with Crippen LogP contribution in [0.4, 0.5) is 5.69 Å². The smallest absolute Gasteiger partial charge is 0.144 e. The van der Waals surface area contributed by atoms with Crippen LogP contribution in [0.25, 0.3) is 0 Å². The van der Waals surface area contributed by atoms with Gasteiger partial charge in [0.25, 0.3) is 0 Å². The van der Waals surface area contributed by atoms with Crippen molar-refractivity contribution in [2.75, 3.05) is 24.7 Å². The first-order chi connectivity index (χ1) is 10.9. The van der Waals surface area contributed by atoms with Crippen molar-refractivity contribution in [3.8, 4) is 5.75 Å². The Morgan fingerprint density at radius 2 is 1.91 bits per heavy atom. The average Bonchev–Trinajstić information content (AvgIpc) is 2.61. The standard InChI is InChI=1S/C18H19NO3/c20-12-17-14-21-11-10-19(17)16-6-8-18(9-7-16)22-13-15-4-2-1-3-5-15/h1-9,12,17H,10-11,13-14H2. The van der Waals surface area contributed by atoms with Crippen LogP contribution in [0.15, 0.2) is 54.6 Å². The molecule has 1 aliphatic heterocycles. The first kappa shape index (κ1) is 14.6. The predicted octanol–water partition coefficient (Wildman–Crippen LogP) is 2.67. The molecule has 1 unspecified atom stereocenters. The number of anilines is 1. The summed E-state index contributed by atoms with van der Waals surface area (Å²) in [5.74, 6) is 0.823. The summed E-state index contributed by atoms with van der Waals surface area (Å²) < 4.78 is 11.1. The Kier molecular flexibility index (Phi) is 4.71. The van der Waals surface area contributed by atoms with Gasteiger partial charge in [-0.3, -0.25) is 0 Å². The highest BCUT2D eigenvalue weighted by molar-refractivity contribution is 5.67. The fourth-order valence-electron chi connectivity index (χ4n) is 2.53. The SMILES string of the molecule is O=CC1COCCN1c1ccc(OCc2ccccc2)cc1. The molecule has 0 aromatic heterocycles. The van der Waals surface area contributed by atoms with Gasteiger partial charge in [-0.05, 0) is 29.8 Å². The van der Waals surface area contributed by atoms with Gasteiger partial charge >= 0.3 is 0 Å². The zero-order valence-electron chi connectivity index (χ0n) is 12.4. The number of benzene rings is 2. The second-order valence-electron chi connectivity index (χ2n) is 5.24. The normalized spacial score (nSPS) is 18.0. The van der Waals surface area contributed by atoms with Crippen molar-refractivity contribution in [2.24, 2.45) is 0 Å². The first-order valence-electron chi connectivity index (χ1n) is 7.43. The lowest BCUT2D eigenvalue weighted by Crippen LogP contribution is -2.46. The van der Waals surface area contributed by atoms with E-state index in [1.54, 1.807) is 0 Å². The molecule has 1 heterocycles. The molecule has 1 fully saturated rings. The van der Waals surface area contributed by atoms with E-state index in [1.165, 1.54) is 0 Å². The van der Waals surface area contributed by atoms with Gasteiger partial charge in [-0.25, -0.2) is 0 Å². The maximum atomic E-state index is 11.1. The summed E-state index contributed by atoms with van der Waals surface area (Å²) >= 11 is 0. The van der Waals surface area contributed by atoms with Crippen molar-refractivity contribution >= 4 is 12.0 Å². The zero-order chi connectivity index (χ0) is 15.2. The molecule has 4 nitrogen and oxygen atoms in total.